The van der Waals surface area contributed by atoms with Crippen molar-refractivity contribution in [2.45, 2.75) is 38.3 Å². The summed E-state index contributed by atoms with van der Waals surface area (Å²) >= 11 is 0. The maximum Gasteiger partial charge on any atom is 0.101 e. The number of piperidine rings is 1. The van der Waals surface area contributed by atoms with E-state index >= 15 is 0 Å². The van der Waals surface area contributed by atoms with Gasteiger partial charge >= 0.3 is 0 Å². The summed E-state index contributed by atoms with van der Waals surface area (Å²) in [4.78, 5) is 0. The standard InChI is InChI=1S/C14H20FN/c1-11(15)10-13-4-2-3-5-14(13)12-6-8-16-9-7-12/h2-5,11-12,16H,6-10H2,1H3. The van der Waals surface area contributed by atoms with Gasteiger partial charge in [0.25, 0.3) is 0 Å². The molecule has 1 N–H and O–H groups in total. The predicted octanol–water partition coefficient (Wildman–Crippen LogP) is 3.05. The van der Waals surface area contributed by atoms with Crippen molar-refractivity contribution in [3.8, 4) is 0 Å². The van der Waals surface area contributed by atoms with Gasteiger partial charge in [-0.2, -0.15) is 0 Å². The van der Waals surface area contributed by atoms with Crippen molar-refractivity contribution in [3.63, 3.8) is 0 Å². The fraction of sp³-hybridized carbons (Fsp3) is 0.571. The Labute approximate surface area is 97.1 Å². The van der Waals surface area contributed by atoms with E-state index in [0.29, 0.717) is 12.3 Å². The van der Waals surface area contributed by atoms with Gasteiger partial charge in [0.1, 0.15) is 6.17 Å². The van der Waals surface area contributed by atoms with Gasteiger partial charge in [0.15, 0.2) is 0 Å². The molecule has 0 aliphatic carbocycles. The Morgan fingerprint density at radius 3 is 2.69 bits per heavy atom. The Morgan fingerprint density at radius 1 is 1.31 bits per heavy atom. The number of halogens is 1. The molecular weight excluding hydrogens is 201 g/mol. The average Bonchev–Trinajstić information content (AvgIpc) is 2.30. The molecule has 1 saturated heterocycles. The average molecular weight is 221 g/mol. The summed E-state index contributed by atoms with van der Waals surface area (Å²) in [5.41, 5.74) is 2.57. The maximum absolute atomic E-state index is 13.1. The van der Waals surface area contributed by atoms with E-state index in [1.54, 1.807) is 6.92 Å². The number of hydrogen-bond acceptors (Lipinski definition) is 1. The number of rotatable bonds is 3. The second-order valence-electron chi connectivity index (χ2n) is 4.71. The van der Waals surface area contributed by atoms with Crippen LogP contribution in [0.5, 0.6) is 0 Å². The van der Waals surface area contributed by atoms with Crippen molar-refractivity contribution >= 4 is 0 Å². The van der Waals surface area contributed by atoms with E-state index in [4.69, 9.17) is 0 Å². The van der Waals surface area contributed by atoms with Crippen LogP contribution in [-0.2, 0) is 6.42 Å². The first-order valence-electron chi connectivity index (χ1n) is 6.20. The van der Waals surface area contributed by atoms with Crippen molar-refractivity contribution in [1.82, 2.24) is 5.32 Å². The second kappa shape index (κ2) is 5.44. The molecule has 1 aromatic rings. The highest BCUT2D eigenvalue weighted by atomic mass is 19.1. The van der Waals surface area contributed by atoms with Crippen molar-refractivity contribution in [3.05, 3.63) is 35.4 Å². The minimum Gasteiger partial charge on any atom is -0.317 e. The lowest BCUT2D eigenvalue weighted by atomic mass is 9.86. The van der Waals surface area contributed by atoms with Crippen molar-refractivity contribution in [2.24, 2.45) is 0 Å². The van der Waals surface area contributed by atoms with Gasteiger partial charge in [-0.25, -0.2) is 4.39 Å². The molecule has 0 bridgehead atoms. The normalized spacial score (nSPS) is 19.6. The minimum absolute atomic E-state index is 0.556. The van der Waals surface area contributed by atoms with E-state index in [2.05, 4.69) is 23.5 Å². The summed E-state index contributed by atoms with van der Waals surface area (Å²) in [6.45, 7) is 3.81. The zero-order valence-electron chi connectivity index (χ0n) is 9.88. The molecule has 0 radical (unpaired) electrons. The molecule has 1 unspecified atom stereocenters. The molecule has 1 aliphatic rings. The fourth-order valence-corrected chi connectivity index (χ4v) is 2.55. The third kappa shape index (κ3) is 2.82. The van der Waals surface area contributed by atoms with Crippen LogP contribution in [0, 0.1) is 0 Å². The van der Waals surface area contributed by atoms with Crippen molar-refractivity contribution in [2.75, 3.05) is 13.1 Å². The number of nitrogens with one attached hydrogen (secondary N) is 1. The summed E-state index contributed by atoms with van der Waals surface area (Å²) in [5, 5.41) is 3.37. The SMILES string of the molecule is CC(F)Cc1ccccc1C1CCNCC1. The summed E-state index contributed by atoms with van der Waals surface area (Å²) in [5.74, 6) is 0.621. The molecule has 1 nitrogen and oxygen atoms in total. The highest BCUT2D eigenvalue weighted by Gasteiger charge is 2.18. The Hall–Kier alpha value is -0.890. The Kier molecular flexibility index (Phi) is 3.94. The van der Waals surface area contributed by atoms with Crippen LogP contribution in [0.4, 0.5) is 4.39 Å². The first-order valence-corrected chi connectivity index (χ1v) is 6.20. The van der Waals surface area contributed by atoms with Gasteiger partial charge in [0.05, 0.1) is 0 Å². The van der Waals surface area contributed by atoms with E-state index in [9.17, 15) is 4.39 Å². The molecule has 88 valence electrons. The first kappa shape index (κ1) is 11.6. The summed E-state index contributed by atoms with van der Waals surface area (Å²) in [6, 6.07) is 8.34. The number of benzene rings is 1. The van der Waals surface area contributed by atoms with Gasteiger partial charge in [-0.15, -0.1) is 0 Å². The van der Waals surface area contributed by atoms with E-state index in [0.717, 1.165) is 13.1 Å². The molecule has 0 spiro atoms. The molecule has 1 atom stereocenters. The van der Waals surface area contributed by atoms with Crippen molar-refractivity contribution < 1.29 is 4.39 Å². The Bertz CT molecular complexity index is 329. The molecule has 1 aliphatic heterocycles. The summed E-state index contributed by atoms with van der Waals surface area (Å²) in [7, 11) is 0. The molecule has 16 heavy (non-hydrogen) atoms. The second-order valence-corrected chi connectivity index (χ2v) is 4.71. The summed E-state index contributed by atoms with van der Waals surface area (Å²) < 4.78 is 13.1. The monoisotopic (exact) mass is 221 g/mol. The van der Waals surface area contributed by atoms with E-state index in [1.165, 1.54) is 24.0 Å². The predicted molar refractivity (Wildman–Crippen MR) is 65.6 cm³/mol. The maximum atomic E-state index is 13.1. The molecule has 0 saturated carbocycles. The lowest BCUT2D eigenvalue weighted by Gasteiger charge is -2.25. The van der Waals surface area contributed by atoms with Gasteiger partial charge in [0.2, 0.25) is 0 Å². The van der Waals surface area contributed by atoms with Crippen LogP contribution in [-0.4, -0.2) is 19.3 Å². The topological polar surface area (TPSA) is 12.0 Å². The van der Waals surface area contributed by atoms with Crippen LogP contribution in [0.1, 0.15) is 36.8 Å². The summed E-state index contributed by atoms with van der Waals surface area (Å²) in [6.07, 6.45) is 2.16. The van der Waals surface area contributed by atoms with Gasteiger partial charge in [-0.1, -0.05) is 24.3 Å². The van der Waals surface area contributed by atoms with Gasteiger partial charge < -0.3 is 5.32 Å². The minimum atomic E-state index is -0.747. The molecular formula is C14H20FN. The molecule has 1 fully saturated rings. The molecule has 0 aromatic heterocycles. The van der Waals surface area contributed by atoms with E-state index in [1.807, 2.05) is 6.07 Å². The van der Waals surface area contributed by atoms with Crippen LogP contribution < -0.4 is 5.32 Å². The van der Waals surface area contributed by atoms with Crippen LogP contribution in [0.3, 0.4) is 0 Å². The molecule has 2 rings (SSSR count). The van der Waals surface area contributed by atoms with Gasteiger partial charge in [-0.05, 0) is 49.9 Å². The molecule has 0 amide bonds. The largest absolute Gasteiger partial charge is 0.317 e. The number of alkyl halides is 1. The quantitative estimate of drug-likeness (QED) is 0.827. The van der Waals surface area contributed by atoms with E-state index < -0.39 is 6.17 Å². The molecule has 1 aromatic carbocycles. The zero-order chi connectivity index (χ0) is 11.4. The highest BCUT2D eigenvalue weighted by Crippen LogP contribution is 2.28. The van der Waals surface area contributed by atoms with Gasteiger partial charge in [0, 0.05) is 6.42 Å². The number of hydrogen-bond donors (Lipinski definition) is 1. The Morgan fingerprint density at radius 2 is 2.00 bits per heavy atom. The lowest BCUT2D eigenvalue weighted by Crippen LogP contribution is -2.27. The van der Waals surface area contributed by atoms with Crippen LogP contribution in [0.25, 0.3) is 0 Å². The smallest absolute Gasteiger partial charge is 0.101 e. The van der Waals surface area contributed by atoms with E-state index in [-0.39, 0.29) is 0 Å². The molecule has 1 heterocycles. The fourth-order valence-electron chi connectivity index (χ4n) is 2.55. The van der Waals surface area contributed by atoms with Crippen LogP contribution in [0.15, 0.2) is 24.3 Å². The molecule has 2 heteroatoms. The van der Waals surface area contributed by atoms with Crippen LogP contribution >= 0.6 is 0 Å². The van der Waals surface area contributed by atoms with Crippen LogP contribution in [0.2, 0.25) is 0 Å². The Balaban J connectivity index is 2.17. The zero-order valence-corrected chi connectivity index (χ0v) is 9.88. The third-order valence-electron chi connectivity index (χ3n) is 3.34. The first-order chi connectivity index (χ1) is 7.77. The highest BCUT2D eigenvalue weighted by molar-refractivity contribution is 5.31. The van der Waals surface area contributed by atoms with Gasteiger partial charge in [-0.3, -0.25) is 0 Å². The van der Waals surface area contributed by atoms with Crippen molar-refractivity contribution in [1.29, 1.82) is 0 Å². The lowest BCUT2D eigenvalue weighted by molar-refractivity contribution is 0.357. The third-order valence-corrected chi connectivity index (χ3v) is 3.34.